The third-order valence-corrected chi connectivity index (χ3v) is 5.60. The van der Waals surface area contributed by atoms with E-state index in [9.17, 15) is 9.90 Å². The molecule has 6 nitrogen and oxygen atoms in total. The molecular weight excluding hydrogens is 444 g/mol. The molecule has 0 fully saturated rings. The number of aliphatic hydroxyl groups excluding tert-OH is 1. The molecule has 1 unspecified atom stereocenters. The maximum absolute atomic E-state index is 11.4. The molecule has 1 N–H and O–H groups in total. The van der Waals surface area contributed by atoms with Crippen molar-refractivity contribution in [2.75, 3.05) is 39.6 Å². The number of aliphatic hydroxyl groups is 1. The van der Waals surface area contributed by atoms with Gasteiger partial charge in [0.1, 0.15) is 31.3 Å². The highest BCUT2D eigenvalue weighted by molar-refractivity contribution is 5.86. The lowest BCUT2D eigenvalue weighted by atomic mass is 9.73. The van der Waals surface area contributed by atoms with Crippen LogP contribution < -0.4 is 9.47 Å². The molecule has 0 bridgehead atoms. The lowest BCUT2D eigenvalue weighted by Crippen LogP contribution is -2.24. The lowest BCUT2D eigenvalue weighted by Gasteiger charge is -2.31. The zero-order valence-electron chi connectivity index (χ0n) is 21.2. The normalized spacial score (nSPS) is 12.5. The zero-order chi connectivity index (χ0) is 25.7. The first-order chi connectivity index (χ1) is 16.8. The standard InChI is InChI=1S/C29H38O6/c1-22(2)21-32-17-18-33-26-11-7-24(8-12-26)29(5,15-6-16-30)25-9-13-27(14-10-25)34-19-20-35-28(31)23(3)4/h7-14,30H,1,3,6,15-21H2,2,4-5H3. The summed E-state index contributed by atoms with van der Waals surface area (Å²) in [7, 11) is 0. The van der Waals surface area contributed by atoms with Crippen molar-refractivity contribution in [3.63, 3.8) is 0 Å². The summed E-state index contributed by atoms with van der Waals surface area (Å²) >= 11 is 0. The van der Waals surface area contributed by atoms with Gasteiger partial charge in [0.2, 0.25) is 0 Å². The molecule has 0 radical (unpaired) electrons. The third kappa shape index (κ3) is 9.23. The van der Waals surface area contributed by atoms with Gasteiger partial charge in [-0.1, -0.05) is 49.9 Å². The molecule has 0 saturated heterocycles. The van der Waals surface area contributed by atoms with Gasteiger partial charge in [-0.2, -0.15) is 0 Å². The molecule has 0 amide bonds. The molecule has 2 aromatic rings. The first-order valence-corrected chi connectivity index (χ1v) is 11.9. The summed E-state index contributed by atoms with van der Waals surface area (Å²) in [6.07, 6.45) is 1.47. The smallest absolute Gasteiger partial charge is 0.333 e. The number of hydrogen-bond donors (Lipinski definition) is 1. The summed E-state index contributed by atoms with van der Waals surface area (Å²) in [5, 5.41) is 9.48. The molecule has 0 aliphatic rings. The minimum atomic E-state index is -0.420. The highest BCUT2D eigenvalue weighted by atomic mass is 16.6. The van der Waals surface area contributed by atoms with Crippen molar-refractivity contribution < 1.29 is 28.8 Å². The van der Waals surface area contributed by atoms with Crippen LogP contribution in [0.15, 0.2) is 72.8 Å². The van der Waals surface area contributed by atoms with E-state index in [0.29, 0.717) is 37.6 Å². The first-order valence-electron chi connectivity index (χ1n) is 11.9. The van der Waals surface area contributed by atoms with Crippen LogP contribution in [0.3, 0.4) is 0 Å². The summed E-state index contributed by atoms with van der Waals surface area (Å²) in [6, 6.07) is 16.0. The van der Waals surface area contributed by atoms with E-state index in [4.69, 9.17) is 18.9 Å². The fourth-order valence-electron chi connectivity index (χ4n) is 3.61. The minimum Gasteiger partial charge on any atom is -0.491 e. The van der Waals surface area contributed by atoms with Gasteiger partial charge < -0.3 is 24.1 Å². The number of carbonyl (C=O) groups is 1. The van der Waals surface area contributed by atoms with Gasteiger partial charge in [-0.3, -0.25) is 0 Å². The summed E-state index contributed by atoms with van der Waals surface area (Å²) in [4.78, 5) is 11.4. The lowest BCUT2D eigenvalue weighted by molar-refractivity contribution is -0.139. The van der Waals surface area contributed by atoms with Crippen LogP contribution in [0.25, 0.3) is 0 Å². The van der Waals surface area contributed by atoms with Crippen molar-refractivity contribution in [1.82, 2.24) is 0 Å². The predicted octanol–water partition coefficient (Wildman–Crippen LogP) is 5.23. The molecule has 2 rings (SSSR count). The van der Waals surface area contributed by atoms with Crippen LogP contribution in [-0.2, 0) is 19.7 Å². The Balaban J connectivity index is 2.01. The Morgan fingerprint density at radius 1 is 0.857 bits per heavy atom. The molecule has 0 aliphatic heterocycles. The molecule has 2 aromatic carbocycles. The molecule has 0 heterocycles. The van der Waals surface area contributed by atoms with Gasteiger partial charge in [-0.05, 0) is 62.1 Å². The van der Waals surface area contributed by atoms with E-state index in [1.54, 1.807) is 6.92 Å². The van der Waals surface area contributed by atoms with Crippen LogP contribution in [-0.4, -0.2) is 50.7 Å². The van der Waals surface area contributed by atoms with Crippen LogP contribution in [0.4, 0.5) is 0 Å². The predicted molar refractivity (Wildman–Crippen MR) is 138 cm³/mol. The largest absolute Gasteiger partial charge is 0.491 e. The van der Waals surface area contributed by atoms with Gasteiger partial charge >= 0.3 is 5.97 Å². The van der Waals surface area contributed by atoms with E-state index in [-0.39, 0.29) is 25.2 Å². The molecular formula is C29H38O6. The zero-order valence-corrected chi connectivity index (χ0v) is 21.2. The van der Waals surface area contributed by atoms with Crippen molar-refractivity contribution in [1.29, 1.82) is 0 Å². The molecule has 190 valence electrons. The van der Waals surface area contributed by atoms with E-state index in [2.05, 4.69) is 32.2 Å². The Morgan fingerprint density at radius 3 is 1.83 bits per heavy atom. The summed E-state index contributed by atoms with van der Waals surface area (Å²) in [5.74, 6) is 1.06. The Kier molecular flexibility index (Phi) is 11.5. The molecule has 6 heteroatoms. The van der Waals surface area contributed by atoms with Crippen molar-refractivity contribution in [2.24, 2.45) is 0 Å². The maximum Gasteiger partial charge on any atom is 0.333 e. The fourth-order valence-corrected chi connectivity index (χ4v) is 3.61. The second-order valence-corrected chi connectivity index (χ2v) is 8.83. The van der Waals surface area contributed by atoms with Crippen LogP contribution >= 0.6 is 0 Å². The van der Waals surface area contributed by atoms with Crippen molar-refractivity contribution in [2.45, 2.75) is 39.0 Å². The highest BCUT2D eigenvalue weighted by Crippen LogP contribution is 2.37. The SMILES string of the molecule is C=C(C)COCCOc1ccc(C(C)(CCCO)c2ccc(OCCOC(=O)C(=C)C)cc2)cc1. The Bertz CT molecular complexity index is 948. The molecule has 0 spiro atoms. The summed E-state index contributed by atoms with van der Waals surface area (Å²) < 4.78 is 22.0. The number of rotatable bonds is 16. The topological polar surface area (TPSA) is 74.2 Å². The molecule has 0 aromatic heterocycles. The quantitative estimate of drug-likeness (QED) is 0.153. The second-order valence-electron chi connectivity index (χ2n) is 8.83. The van der Waals surface area contributed by atoms with Crippen LogP contribution in [0.5, 0.6) is 11.5 Å². The Labute approximate surface area is 209 Å². The monoisotopic (exact) mass is 482 g/mol. The van der Waals surface area contributed by atoms with E-state index >= 15 is 0 Å². The maximum atomic E-state index is 11.4. The fraction of sp³-hybridized carbons (Fsp3) is 0.414. The van der Waals surface area contributed by atoms with Gasteiger partial charge in [-0.15, -0.1) is 0 Å². The number of carbonyl (C=O) groups excluding carboxylic acids is 1. The van der Waals surface area contributed by atoms with Gasteiger partial charge in [0.15, 0.2) is 0 Å². The second kappa shape index (κ2) is 14.3. The average molecular weight is 483 g/mol. The van der Waals surface area contributed by atoms with E-state index in [1.807, 2.05) is 43.3 Å². The summed E-state index contributed by atoms with van der Waals surface area (Å²) in [6.45, 7) is 15.2. The van der Waals surface area contributed by atoms with Crippen LogP contribution in [0.2, 0.25) is 0 Å². The minimum absolute atomic E-state index is 0.130. The number of ether oxygens (including phenoxy) is 4. The molecule has 1 atom stereocenters. The van der Waals surface area contributed by atoms with Crippen molar-refractivity contribution in [3.8, 4) is 11.5 Å². The summed E-state index contributed by atoms with van der Waals surface area (Å²) in [5.41, 5.74) is 3.32. The van der Waals surface area contributed by atoms with E-state index < -0.39 is 5.97 Å². The van der Waals surface area contributed by atoms with Gasteiger partial charge in [0.25, 0.3) is 0 Å². The number of benzene rings is 2. The Hall–Kier alpha value is -3.09. The average Bonchev–Trinajstić information content (AvgIpc) is 2.85. The molecule has 35 heavy (non-hydrogen) atoms. The van der Waals surface area contributed by atoms with Gasteiger partial charge in [0.05, 0.1) is 13.2 Å². The Morgan fingerprint density at radius 2 is 1.37 bits per heavy atom. The van der Waals surface area contributed by atoms with Crippen LogP contribution in [0.1, 0.15) is 44.7 Å². The van der Waals surface area contributed by atoms with E-state index in [1.165, 1.54) is 0 Å². The highest BCUT2D eigenvalue weighted by Gasteiger charge is 2.28. The van der Waals surface area contributed by atoms with E-state index in [0.717, 1.165) is 28.9 Å². The van der Waals surface area contributed by atoms with Crippen LogP contribution in [0, 0.1) is 0 Å². The van der Waals surface area contributed by atoms with Crippen molar-refractivity contribution >= 4 is 5.97 Å². The van der Waals surface area contributed by atoms with Crippen molar-refractivity contribution in [3.05, 3.63) is 84.0 Å². The molecule has 0 aliphatic carbocycles. The molecule has 0 saturated carbocycles. The third-order valence-electron chi connectivity index (χ3n) is 5.60. The number of hydrogen-bond acceptors (Lipinski definition) is 6. The van der Waals surface area contributed by atoms with Gasteiger partial charge in [-0.25, -0.2) is 4.79 Å². The first kappa shape index (κ1) is 28.1. The van der Waals surface area contributed by atoms with Gasteiger partial charge in [0, 0.05) is 17.6 Å². The number of esters is 1.